The van der Waals surface area contributed by atoms with Crippen LogP contribution in [0.5, 0.6) is 0 Å². The van der Waals surface area contributed by atoms with E-state index in [9.17, 15) is 18.0 Å². The van der Waals surface area contributed by atoms with Gasteiger partial charge < -0.3 is 15.3 Å². The predicted molar refractivity (Wildman–Crippen MR) is 74.3 cm³/mol. The molecule has 2 unspecified atom stereocenters. The first-order valence-electron chi connectivity index (χ1n) is 6.70. The lowest BCUT2D eigenvalue weighted by atomic mass is 10.1. The highest BCUT2D eigenvalue weighted by atomic mass is 32.2. The monoisotopic (exact) mass is 306 g/mol. The maximum Gasteiger partial charge on any atom is 0.317 e. The fourth-order valence-electron chi connectivity index (χ4n) is 2.13. The number of aliphatic carboxylic acids is 1. The number of hydrogen-bond donors (Lipinski definition) is 2. The van der Waals surface area contributed by atoms with Crippen molar-refractivity contribution < 1.29 is 23.1 Å². The molecule has 0 radical (unpaired) electrons. The molecule has 1 rings (SSSR count). The number of carbonyl (C=O) groups is 2. The molecule has 0 aliphatic carbocycles. The number of nitrogens with zero attached hydrogens (tertiary/aromatic N) is 1. The molecule has 0 saturated carbocycles. The summed E-state index contributed by atoms with van der Waals surface area (Å²) in [5.74, 6) is -1.27. The second-order valence-electron chi connectivity index (χ2n) is 5.27. The summed E-state index contributed by atoms with van der Waals surface area (Å²) in [6.07, 6.45) is 1.08. The Hall–Kier alpha value is -1.31. The highest BCUT2D eigenvalue weighted by molar-refractivity contribution is 7.91. The van der Waals surface area contributed by atoms with Gasteiger partial charge in [0.05, 0.1) is 17.4 Å². The van der Waals surface area contributed by atoms with Crippen LogP contribution in [0.3, 0.4) is 0 Å². The highest BCUT2D eigenvalue weighted by Gasteiger charge is 2.30. The van der Waals surface area contributed by atoms with Gasteiger partial charge >= 0.3 is 12.0 Å². The van der Waals surface area contributed by atoms with Crippen molar-refractivity contribution in [1.82, 2.24) is 10.2 Å². The Kier molecular flexibility index (Phi) is 5.79. The first-order valence-corrected chi connectivity index (χ1v) is 8.53. The number of carbonyl (C=O) groups excluding carboxylic acids is 1. The molecule has 8 heteroatoms. The average molecular weight is 306 g/mol. The van der Waals surface area contributed by atoms with Crippen molar-refractivity contribution >= 4 is 21.8 Å². The Bertz CT molecular complexity index is 462. The Balaban J connectivity index is 2.31. The van der Waals surface area contributed by atoms with Crippen LogP contribution in [0.2, 0.25) is 0 Å². The molecule has 0 aromatic carbocycles. The van der Waals surface area contributed by atoms with Gasteiger partial charge in [0.2, 0.25) is 0 Å². The third-order valence-corrected chi connectivity index (χ3v) is 5.24. The zero-order valence-corrected chi connectivity index (χ0v) is 12.6. The molecular formula is C12H22N2O5S. The molecule has 20 heavy (non-hydrogen) atoms. The van der Waals surface area contributed by atoms with Crippen molar-refractivity contribution in [3.05, 3.63) is 0 Å². The summed E-state index contributed by atoms with van der Waals surface area (Å²) in [7, 11) is -3.03. The fourth-order valence-corrected chi connectivity index (χ4v) is 3.69. The van der Waals surface area contributed by atoms with Gasteiger partial charge in [-0.15, -0.1) is 0 Å². The number of rotatable bonds is 5. The van der Waals surface area contributed by atoms with Crippen LogP contribution in [-0.2, 0) is 14.6 Å². The second kappa shape index (κ2) is 6.92. The Morgan fingerprint density at radius 1 is 1.45 bits per heavy atom. The molecule has 116 valence electrons. The zero-order valence-electron chi connectivity index (χ0n) is 11.8. The number of sulfone groups is 1. The van der Waals surface area contributed by atoms with E-state index in [4.69, 9.17) is 5.11 Å². The van der Waals surface area contributed by atoms with Crippen LogP contribution in [0.1, 0.15) is 26.7 Å². The second-order valence-corrected chi connectivity index (χ2v) is 7.50. The summed E-state index contributed by atoms with van der Waals surface area (Å²) >= 11 is 0. The van der Waals surface area contributed by atoms with Gasteiger partial charge in [-0.3, -0.25) is 4.79 Å². The van der Waals surface area contributed by atoms with Crippen LogP contribution in [0.4, 0.5) is 4.79 Å². The van der Waals surface area contributed by atoms with Crippen LogP contribution in [-0.4, -0.2) is 61.1 Å². The van der Waals surface area contributed by atoms with E-state index in [1.807, 2.05) is 0 Å². The van der Waals surface area contributed by atoms with Crippen LogP contribution >= 0.6 is 0 Å². The summed E-state index contributed by atoms with van der Waals surface area (Å²) in [5.41, 5.74) is 0. The third-order valence-electron chi connectivity index (χ3n) is 3.44. The molecule has 7 nitrogen and oxygen atoms in total. The van der Waals surface area contributed by atoms with Crippen LogP contribution in [0.15, 0.2) is 0 Å². The molecular weight excluding hydrogens is 284 g/mol. The van der Waals surface area contributed by atoms with Gasteiger partial charge in [0.15, 0.2) is 9.84 Å². The van der Waals surface area contributed by atoms with E-state index >= 15 is 0 Å². The van der Waals surface area contributed by atoms with E-state index < -0.39 is 21.7 Å². The topological polar surface area (TPSA) is 104 Å². The van der Waals surface area contributed by atoms with Crippen molar-refractivity contribution in [2.75, 3.05) is 24.6 Å². The Morgan fingerprint density at radius 2 is 2.10 bits per heavy atom. The average Bonchev–Trinajstić information content (AvgIpc) is 2.32. The van der Waals surface area contributed by atoms with Crippen molar-refractivity contribution in [3.8, 4) is 0 Å². The smallest absolute Gasteiger partial charge is 0.317 e. The molecule has 1 saturated heterocycles. The standard InChI is InChI=1S/C12H22N2O5S/c1-9(11(15)16)4-3-5-13-12(17)14-6-7-20(18,19)8-10(14)2/h9-10H,3-8H2,1-2H3,(H,13,17)(H,15,16). The lowest BCUT2D eigenvalue weighted by molar-refractivity contribution is -0.141. The molecule has 2 atom stereocenters. The first kappa shape index (κ1) is 16.7. The summed E-state index contributed by atoms with van der Waals surface area (Å²) in [4.78, 5) is 24.0. The summed E-state index contributed by atoms with van der Waals surface area (Å²) in [6, 6.07) is -0.609. The number of carboxylic acid groups (broad SMARTS) is 1. The number of nitrogens with one attached hydrogen (secondary N) is 1. The van der Waals surface area contributed by atoms with Crippen molar-refractivity contribution in [1.29, 1.82) is 0 Å². The molecule has 1 heterocycles. The maximum absolute atomic E-state index is 11.9. The predicted octanol–water partition coefficient (Wildman–Crippen LogP) is 0.316. The highest BCUT2D eigenvalue weighted by Crippen LogP contribution is 2.11. The van der Waals surface area contributed by atoms with Crippen LogP contribution in [0, 0.1) is 5.92 Å². The molecule has 0 bridgehead atoms. The Morgan fingerprint density at radius 3 is 2.65 bits per heavy atom. The quantitative estimate of drug-likeness (QED) is 0.712. The van der Waals surface area contributed by atoms with E-state index in [0.717, 1.165) is 0 Å². The third kappa shape index (κ3) is 4.99. The molecule has 1 fully saturated rings. The summed E-state index contributed by atoms with van der Waals surface area (Å²) < 4.78 is 22.8. The Labute approximate surface area is 119 Å². The SMILES string of the molecule is CC(CCCNC(=O)N1CCS(=O)(=O)CC1C)C(=O)O. The molecule has 1 aliphatic rings. The van der Waals surface area contributed by atoms with Crippen LogP contribution in [0.25, 0.3) is 0 Å². The minimum absolute atomic E-state index is 0.000802. The number of hydrogen-bond acceptors (Lipinski definition) is 4. The van der Waals surface area contributed by atoms with Crippen molar-refractivity contribution in [2.24, 2.45) is 5.92 Å². The van der Waals surface area contributed by atoms with Crippen LogP contribution < -0.4 is 5.32 Å². The molecule has 0 aromatic heterocycles. The lowest BCUT2D eigenvalue weighted by Gasteiger charge is -2.33. The minimum Gasteiger partial charge on any atom is -0.481 e. The van der Waals surface area contributed by atoms with Crippen molar-refractivity contribution in [2.45, 2.75) is 32.7 Å². The van der Waals surface area contributed by atoms with E-state index in [1.54, 1.807) is 13.8 Å². The van der Waals surface area contributed by atoms with Gasteiger partial charge in [0.25, 0.3) is 0 Å². The zero-order chi connectivity index (χ0) is 15.3. The van der Waals surface area contributed by atoms with E-state index in [1.165, 1.54) is 4.90 Å². The summed E-state index contributed by atoms with van der Waals surface area (Å²) in [6.45, 7) is 3.94. The van der Waals surface area contributed by atoms with E-state index in [0.29, 0.717) is 19.4 Å². The van der Waals surface area contributed by atoms with Gasteiger partial charge in [-0.1, -0.05) is 6.92 Å². The van der Waals surface area contributed by atoms with Crippen molar-refractivity contribution in [3.63, 3.8) is 0 Å². The van der Waals surface area contributed by atoms with Gasteiger partial charge in [-0.25, -0.2) is 13.2 Å². The van der Waals surface area contributed by atoms with E-state index in [-0.39, 0.29) is 30.1 Å². The van der Waals surface area contributed by atoms with Gasteiger partial charge in [-0.05, 0) is 19.8 Å². The summed E-state index contributed by atoms with van der Waals surface area (Å²) in [5, 5.41) is 11.4. The van der Waals surface area contributed by atoms with E-state index in [2.05, 4.69) is 5.32 Å². The first-order chi connectivity index (χ1) is 9.23. The molecule has 2 amide bonds. The maximum atomic E-state index is 11.9. The minimum atomic E-state index is -3.03. The van der Waals surface area contributed by atoms with Gasteiger partial charge in [0, 0.05) is 19.1 Å². The van der Waals surface area contributed by atoms with Gasteiger partial charge in [0.1, 0.15) is 0 Å². The molecule has 0 spiro atoms. The van der Waals surface area contributed by atoms with Gasteiger partial charge in [-0.2, -0.15) is 0 Å². The molecule has 0 aromatic rings. The fraction of sp³-hybridized carbons (Fsp3) is 0.833. The lowest BCUT2D eigenvalue weighted by Crippen LogP contribution is -2.53. The largest absolute Gasteiger partial charge is 0.481 e. The normalized spacial score (nSPS) is 23.1. The number of urea groups is 1. The molecule has 2 N–H and O–H groups in total. The number of amides is 2. The molecule has 1 aliphatic heterocycles. The number of carboxylic acids is 1.